The maximum atomic E-state index is 6.01. The molecule has 23 heavy (non-hydrogen) atoms. The molecule has 2 aromatic rings. The largest absolute Gasteiger partial charge is 0.490 e. The lowest BCUT2D eigenvalue weighted by Gasteiger charge is -2.18. The van der Waals surface area contributed by atoms with Gasteiger partial charge in [-0.3, -0.25) is 0 Å². The smallest absolute Gasteiger partial charge is 0.161 e. The summed E-state index contributed by atoms with van der Waals surface area (Å²) in [6.07, 6.45) is 0.868. The molecule has 124 valence electrons. The van der Waals surface area contributed by atoms with E-state index in [0.29, 0.717) is 19.8 Å². The van der Waals surface area contributed by atoms with Gasteiger partial charge in [0.25, 0.3) is 0 Å². The van der Waals surface area contributed by atoms with Crippen molar-refractivity contribution in [2.45, 2.75) is 26.2 Å². The summed E-state index contributed by atoms with van der Waals surface area (Å²) in [4.78, 5) is 0. The molecule has 0 heterocycles. The fourth-order valence-corrected chi connectivity index (χ4v) is 2.69. The van der Waals surface area contributed by atoms with E-state index in [1.165, 1.54) is 5.56 Å². The summed E-state index contributed by atoms with van der Waals surface area (Å²) < 4.78 is 11.3. The van der Waals surface area contributed by atoms with Gasteiger partial charge in [-0.05, 0) is 62.2 Å². The average molecular weight is 334 g/mol. The molecule has 0 fully saturated rings. The van der Waals surface area contributed by atoms with Crippen molar-refractivity contribution < 1.29 is 9.47 Å². The Balaban J connectivity index is 2.22. The Morgan fingerprint density at radius 3 is 2.22 bits per heavy atom. The van der Waals surface area contributed by atoms with Crippen LogP contribution in [-0.2, 0) is 6.42 Å². The summed E-state index contributed by atoms with van der Waals surface area (Å²) in [6.45, 7) is 5.73. The van der Waals surface area contributed by atoms with E-state index in [1.54, 1.807) is 0 Å². The zero-order valence-corrected chi connectivity index (χ0v) is 14.5. The summed E-state index contributed by atoms with van der Waals surface area (Å²) in [5.74, 6) is 1.79. The van der Waals surface area contributed by atoms with Gasteiger partial charge in [0.15, 0.2) is 11.5 Å². The molecule has 2 rings (SSSR count). The maximum Gasteiger partial charge on any atom is 0.161 e. The van der Waals surface area contributed by atoms with Crippen LogP contribution in [0.25, 0.3) is 0 Å². The van der Waals surface area contributed by atoms with Crippen LogP contribution in [0.1, 0.15) is 30.9 Å². The lowest BCUT2D eigenvalue weighted by molar-refractivity contribution is 0.287. The predicted molar refractivity (Wildman–Crippen MR) is 95.7 cm³/mol. The fraction of sp³-hybridized carbons (Fsp3) is 0.368. The van der Waals surface area contributed by atoms with Crippen LogP contribution in [0.2, 0.25) is 5.02 Å². The summed E-state index contributed by atoms with van der Waals surface area (Å²) in [5, 5.41) is 0.748. The number of hydrogen-bond acceptors (Lipinski definition) is 3. The second-order valence-corrected chi connectivity index (χ2v) is 5.77. The highest BCUT2D eigenvalue weighted by Gasteiger charge is 2.14. The zero-order chi connectivity index (χ0) is 16.7. The Morgan fingerprint density at radius 2 is 1.61 bits per heavy atom. The molecule has 0 spiro atoms. The molecule has 0 radical (unpaired) electrons. The van der Waals surface area contributed by atoms with Gasteiger partial charge in [0, 0.05) is 10.9 Å². The molecule has 2 aromatic carbocycles. The predicted octanol–water partition coefficient (Wildman–Crippen LogP) is 4.42. The van der Waals surface area contributed by atoms with E-state index in [4.69, 9.17) is 26.8 Å². The normalized spacial score (nSPS) is 12.0. The van der Waals surface area contributed by atoms with E-state index in [2.05, 4.69) is 6.07 Å². The molecule has 0 bridgehead atoms. The maximum absolute atomic E-state index is 6.01. The Morgan fingerprint density at radius 1 is 0.957 bits per heavy atom. The summed E-state index contributed by atoms with van der Waals surface area (Å²) in [6, 6.07) is 14.0. The Bertz CT molecular complexity index is 613. The van der Waals surface area contributed by atoms with E-state index in [9.17, 15) is 0 Å². The molecule has 1 unspecified atom stereocenters. The van der Waals surface area contributed by atoms with Crippen molar-refractivity contribution in [2.24, 2.45) is 5.73 Å². The van der Waals surface area contributed by atoms with Crippen LogP contribution in [0.4, 0.5) is 0 Å². The third kappa shape index (κ3) is 4.88. The minimum absolute atomic E-state index is 0.228. The molecule has 4 heteroatoms. The Kier molecular flexibility index (Phi) is 6.75. The number of benzene rings is 2. The summed E-state index contributed by atoms with van der Waals surface area (Å²) >= 11 is 5.95. The topological polar surface area (TPSA) is 44.5 Å². The summed E-state index contributed by atoms with van der Waals surface area (Å²) in [7, 11) is 0. The van der Waals surface area contributed by atoms with Crippen molar-refractivity contribution in [3.63, 3.8) is 0 Å². The fourth-order valence-electron chi connectivity index (χ4n) is 2.56. The molecule has 0 saturated heterocycles. The number of rotatable bonds is 8. The van der Waals surface area contributed by atoms with Gasteiger partial charge < -0.3 is 15.2 Å². The molecule has 3 nitrogen and oxygen atoms in total. The van der Waals surface area contributed by atoms with Crippen LogP contribution in [0.5, 0.6) is 11.5 Å². The van der Waals surface area contributed by atoms with Gasteiger partial charge >= 0.3 is 0 Å². The lowest BCUT2D eigenvalue weighted by Crippen LogP contribution is -2.15. The van der Waals surface area contributed by atoms with E-state index < -0.39 is 0 Å². The van der Waals surface area contributed by atoms with Crippen LogP contribution in [-0.4, -0.2) is 19.8 Å². The quantitative estimate of drug-likeness (QED) is 0.777. The van der Waals surface area contributed by atoms with Crippen LogP contribution < -0.4 is 15.2 Å². The molecule has 0 aliphatic rings. The number of halogens is 1. The van der Waals surface area contributed by atoms with Crippen LogP contribution in [0, 0.1) is 0 Å². The molecule has 0 aliphatic carbocycles. The van der Waals surface area contributed by atoms with Crippen molar-refractivity contribution >= 4 is 11.6 Å². The Hall–Kier alpha value is -1.71. The number of hydrogen-bond donors (Lipinski definition) is 1. The van der Waals surface area contributed by atoms with Crippen molar-refractivity contribution in [1.29, 1.82) is 0 Å². The van der Waals surface area contributed by atoms with Crippen molar-refractivity contribution in [2.75, 3.05) is 19.8 Å². The molecule has 1 atom stereocenters. The Labute approximate surface area is 143 Å². The van der Waals surface area contributed by atoms with Gasteiger partial charge in [-0.15, -0.1) is 0 Å². The molecule has 0 aromatic heterocycles. The monoisotopic (exact) mass is 333 g/mol. The highest BCUT2D eigenvalue weighted by Crippen LogP contribution is 2.32. The number of nitrogens with two attached hydrogens (primary N) is 1. The third-order valence-electron chi connectivity index (χ3n) is 3.72. The van der Waals surface area contributed by atoms with Gasteiger partial charge in [0.1, 0.15) is 0 Å². The molecular formula is C19H24ClNO2. The van der Waals surface area contributed by atoms with Crippen molar-refractivity contribution in [3.05, 3.63) is 58.6 Å². The van der Waals surface area contributed by atoms with Gasteiger partial charge in [-0.25, -0.2) is 0 Å². The van der Waals surface area contributed by atoms with Crippen molar-refractivity contribution in [1.82, 2.24) is 0 Å². The van der Waals surface area contributed by atoms with Crippen LogP contribution in [0.3, 0.4) is 0 Å². The third-order valence-corrected chi connectivity index (χ3v) is 3.97. The second kappa shape index (κ2) is 8.80. The van der Waals surface area contributed by atoms with Gasteiger partial charge in [-0.1, -0.05) is 29.8 Å². The van der Waals surface area contributed by atoms with E-state index in [1.807, 2.05) is 50.2 Å². The molecule has 0 amide bonds. The second-order valence-electron chi connectivity index (χ2n) is 5.34. The minimum Gasteiger partial charge on any atom is -0.490 e. The highest BCUT2D eigenvalue weighted by molar-refractivity contribution is 6.30. The first-order valence-corrected chi connectivity index (χ1v) is 8.39. The first-order valence-electron chi connectivity index (χ1n) is 8.02. The van der Waals surface area contributed by atoms with Gasteiger partial charge in [0.05, 0.1) is 13.2 Å². The first kappa shape index (κ1) is 17.6. The molecule has 0 saturated carbocycles. The van der Waals surface area contributed by atoms with Crippen LogP contribution in [0.15, 0.2) is 42.5 Å². The van der Waals surface area contributed by atoms with E-state index >= 15 is 0 Å². The van der Waals surface area contributed by atoms with E-state index in [-0.39, 0.29) is 5.92 Å². The van der Waals surface area contributed by atoms with Gasteiger partial charge in [-0.2, -0.15) is 0 Å². The minimum atomic E-state index is 0.228. The number of ether oxygens (including phenoxy) is 2. The first-order chi connectivity index (χ1) is 11.2. The SMILES string of the molecule is CCOc1ccc(C(CN)Cc2ccc(Cl)cc2)cc1OCC. The zero-order valence-electron chi connectivity index (χ0n) is 13.7. The highest BCUT2D eigenvalue weighted by atomic mass is 35.5. The van der Waals surface area contributed by atoms with Crippen LogP contribution >= 0.6 is 11.6 Å². The summed E-state index contributed by atoms with van der Waals surface area (Å²) in [5.41, 5.74) is 8.39. The molecular weight excluding hydrogens is 310 g/mol. The van der Waals surface area contributed by atoms with E-state index in [0.717, 1.165) is 28.5 Å². The average Bonchev–Trinajstić information content (AvgIpc) is 2.56. The molecule has 2 N–H and O–H groups in total. The van der Waals surface area contributed by atoms with Gasteiger partial charge in [0.2, 0.25) is 0 Å². The van der Waals surface area contributed by atoms with Crippen molar-refractivity contribution in [3.8, 4) is 11.5 Å². The lowest BCUT2D eigenvalue weighted by atomic mass is 9.92. The standard InChI is InChI=1S/C19H24ClNO2/c1-3-22-18-10-7-15(12-19(18)23-4-2)16(13-21)11-14-5-8-17(20)9-6-14/h5-10,12,16H,3-4,11,13,21H2,1-2H3. The molecule has 0 aliphatic heterocycles.